The highest BCUT2D eigenvalue weighted by atomic mass is 35.5. The zero-order valence-corrected chi connectivity index (χ0v) is 16.4. The van der Waals surface area contributed by atoms with Gasteiger partial charge in [-0.2, -0.15) is 0 Å². The molecule has 4 rings (SSSR count). The minimum atomic E-state index is -0.202. The van der Waals surface area contributed by atoms with Crippen LogP contribution in [-0.4, -0.2) is 44.5 Å². The topological polar surface area (TPSA) is 87.1 Å². The van der Waals surface area contributed by atoms with E-state index in [9.17, 15) is 5.11 Å². The van der Waals surface area contributed by atoms with Crippen LogP contribution in [0.15, 0.2) is 18.3 Å². The van der Waals surface area contributed by atoms with Crippen LogP contribution < -0.4 is 10.2 Å². The Balaban J connectivity index is 1.60. The zero-order chi connectivity index (χ0) is 19.0. The van der Waals surface area contributed by atoms with Gasteiger partial charge in [0, 0.05) is 24.8 Å². The van der Waals surface area contributed by atoms with E-state index in [1.165, 1.54) is 0 Å². The van der Waals surface area contributed by atoms with Crippen molar-refractivity contribution >= 4 is 23.4 Å². The molecule has 0 radical (unpaired) electrons. The van der Waals surface area contributed by atoms with E-state index < -0.39 is 0 Å². The van der Waals surface area contributed by atoms with Gasteiger partial charge in [0.1, 0.15) is 5.82 Å². The van der Waals surface area contributed by atoms with Gasteiger partial charge in [0.05, 0.1) is 17.8 Å². The lowest BCUT2D eigenvalue weighted by Crippen LogP contribution is -2.38. The third kappa shape index (κ3) is 4.14. The Morgan fingerprint density at radius 1 is 1.22 bits per heavy atom. The molecule has 8 heteroatoms. The summed E-state index contributed by atoms with van der Waals surface area (Å²) >= 11 is 5.84. The summed E-state index contributed by atoms with van der Waals surface area (Å²) in [5, 5.41) is 21.6. The monoisotopic (exact) mass is 388 g/mol. The fourth-order valence-electron chi connectivity index (χ4n) is 3.96. The van der Waals surface area contributed by atoms with Crippen LogP contribution in [0, 0.1) is 5.41 Å². The Morgan fingerprint density at radius 3 is 2.70 bits per heavy atom. The third-order valence-electron chi connectivity index (χ3n) is 5.37. The molecule has 0 amide bonds. The van der Waals surface area contributed by atoms with Crippen molar-refractivity contribution in [1.29, 1.82) is 0 Å². The average molecular weight is 389 g/mol. The van der Waals surface area contributed by atoms with Gasteiger partial charge in [0.25, 0.3) is 0 Å². The van der Waals surface area contributed by atoms with Gasteiger partial charge in [-0.3, -0.25) is 0 Å². The molecule has 7 nitrogen and oxygen atoms in total. The fraction of sp³-hybridized carbons (Fsp3) is 0.579. The van der Waals surface area contributed by atoms with E-state index in [0.717, 1.165) is 56.0 Å². The molecule has 0 saturated carbocycles. The number of hydrogen-bond acceptors (Lipinski definition) is 7. The molecular weight excluding hydrogens is 364 g/mol. The van der Waals surface area contributed by atoms with Gasteiger partial charge >= 0.3 is 0 Å². The molecule has 1 aliphatic heterocycles. The smallest absolute Gasteiger partial charge is 0.225 e. The Labute approximate surface area is 164 Å². The molecule has 0 unspecified atom stereocenters. The number of aliphatic hydroxyl groups excluding tert-OH is 1. The maximum atomic E-state index is 9.73. The molecule has 0 bridgehead atoms. The standard InChI is InChI=1S/C19H25ClN6O/c1-19(2)9-14(22-17-4-3-16(20)24-25-17)13-11-21-18(23-15(13)10-19)26-7-5-12(27)6-8-26/h3-4,11-12,14,27H,5-10H2,1-2H3,(H,22,25)/t14-/m1/s1. The molecule has 1 atom stereocenters. The van der Waals surface area contributed by atoms with Crippen LogP contribution in [0.25, 0.3) is 0 Å². The first kappa shape index (κ1) is 18.4. The number of aromatic nitrogens is 4. The predicted molar refractivity (Wildman–Crippen MR) is 105 cm³/mol. The fourth-order valence-corrected chi connectivity index (χ4v) is 4.06. The second-order valence-electron chi connectivity index (χ2n) is 8.27. The van der Waals surface area contributed by atoms with Crippen molar-refractivity contribution in [1.82, 2.24) is 20.2 Å². The summed E-state index contributed by atoms with van der Waals surface area (Å²) in [5.41, 5.74) is 2.32. The SMILES string of the molecule is CC1(C)Cc2nc(N3CCC(O)CC3)ncc2[C@H](Nc2ccc(Cl)nn2)C1. The summed E-state index contributed by atoms with van der Waals surface area (Å²) in [6.07, 6.45) is 5.16. The van der Waals surface area contributed by atoms with Crippen LogP contribution in [0.5, 0.6) is 0 Å². The number of nitrogens with one attached hydrogen (secondary N) is 1. The largest absolute Gasteiger partial charge is 0.393 e. The van der Waals surface area contributed by atoms with Crippen molar-refractivity contribution in [2.75, 3.05) is 23.3 Å². The number of hydrogen-bond donors (Lipinski definition) is 2. The number of piperidine rings is 1. The van der Waals surface area contributed by atoms with Gasteiger partial charge < -0.3 is 15.3 Å². The van der Waals surface area contributed by atoms with Crippen LogP contribution in [0.3, 0.4) is 0 Å². The zero-order valence-electron chi connectivity index (χ0n) is 15.7. The van der Waals surface area contributed by atoms with Crippen LogP contribution in [0.4, 0.5) is 11.8 Å². The van der Waals surface area contributed by atoms with Crippen LogP contribution in [0.1, 0.15) is 50.4 Å². The molecule has 2 aromatic rings. The molecule has 1 saturated heterocycles. The molecule has 1 fully saturated rings. The van der Waals surface area contributed by atoms with E-state index in [1.54, 1.807) is 6.07 Å². The molecule has 1 aliphatic carbocycles. The lowest BCUT2D eigenvalue weighted by atomic mass is 9.74. The molecule has 3 heterocycles. The third-order valence-corrected chi connectivity index (χ3v) is 5.57. The van der Waals surface area contributed by atoms with E-state index in [2.05, 4.69) is 39.2 Å². The number of nitrogens with zero attached hydrogens (tertiary/aromatic N) is 5. The Kier molecular flexibility index (Phi) is 4.90. The second kappa shape index (κ2) is 7.20. The highest BCUT2D eigenvalue weighted by Crippen LogP contribution is 2.41. The van der Waals surface area contributed by atoms with E-state index >= 15 is 0 Å². The Bertz CT molecular complexity index is 804. The van der Waals surface area contributed by atoms with Gasteiger partial charge in [-0.1, -0.05) is 25.4 Å². The number of rotatable bonds is 3. The van der Waals surface area contributed by atoms with Gasteiger partial charge in [-0.15, -0.1) is 10.2 Å². The molecule has 0 aromatic carbocycles. The summed E-state index contributed by atoms with van der Waals surface area (Å²) in [7, 11) is 0. The van der Waals surface area contributed by atoms with E-state index in [1.807, 2.05) is 12.3 Å². The summed E-state index contributed by atoms with van der Waals surface area (Å²) in [6.45, 7) is 6.12. The number of fused-ring (bicyclic) bond motifs is 1. The molecule has 0 spiro atoms. The highest BCUT2D eigenvalue weighted by Gasteiger charge is 2.34. The number of anilines is 2. The van der Waals surface area contributed by atoms with E-state index in [4.69, 9.17) is 16.6 Å². The second-order valence-corrected chi connectivity index (χ2v) is 8.66. The minimum absolute atomic E-state index is 0.0800. The molecular formula is C19H25ClN6O. The van der Waals surface area contributed by atoms with Gasteiger partial charge in [0.15, 0.2) is 5.15 Å². The van der Waals surface area contributed by atoms with Crippen molar-refractivity contribution in [2.45, 2.75) is 51.7 Å². The summed E-state index contributed by atoms with van der Waals surface area (Å²) in [5.74, 6) is 1.46. The Morgan fingerprint density at radius 2 is 2.00 bits per heavy atom. The first-order valence-corrected chi connectivity index (χ1v) is 9.82. The maximum Gasteiger partial charge on any atom is 0.225 e. The van der Waals surface area contributed by atoms with Crippen molar-refractivity contribution in [3.8, 4) is 0 Å². The summed E-state index contributed by atoms with van der Waals surface area (Å²) in [6, 6.07) is 3.65. The first-order chi connectivity index (χ1) is 12.9. The molecule has 2 aromatic heterocycles. The minimum Gasteiger partial charge on any atom is -0.393 e. The summed E-state index contributed by atoms with van der Waals surface area (Å²) < 4.78 is 0. The number of halogens is 1. The van der Waals surface area contributed by atoms with Crippen molar-refractivity contribution in [3.05, 3.63) is 34.7 Å². The lowest BCUT2D eigenvalue weighted by molar-refractivity contribution is 0.145. The summed E-state index contributed by atoms with van der Waals surface area (Å²) in [4.78, 5) is 11.7. The molecule has 144 valence electrons. The quantitative estimate of drug-likeness (QED) is 0.835. The average Bonchev–Trinajstić information content (AvgIpc) is 2.63. The highest BCUT2D eigenvalue weighted by molar-refractivity contribution is 6.29. The predicted octanol–water partition coefficient (Wildman–Crippen LogP) is 3.01. The van der Waals surface area contributed by atoms with Gasteiger partial charge in [-0.05, 0) is 43.2 Å². The van der Waals surface area contributed by atoms with Crippen molar-refractivity contribution in [2.24, 2.45) is 5.41 Å². The first-order valence-electron chi connectivity index (χ1n) is 9.44. The van der Waals surface area contributed by atoms with Gasteiger partial charge in [-0.25, -0.2) is 9.97 Å². The maximum absolute atomic E-state index is 9.73. The van der Waals surface area contributed by atoms with Gasteiger partial charge in [0.2, 0.25) is 5.95 Å². The molecule has 2 aliphatic rings. The van der Waals surface area contributed by atoms with E-state index in [-0.39, 0.29) is 17.6 Å². The number of aliphatic hydroxyl groups is 1. The normalized spacial score (nSPS) is 22.4. The van der Waals surface area contributed by atoms with Crippen LogP contribution in [0.2, 0.25) is 5.15 Å². The van der Waals surface area contributed by atoms with E-state index in [0.29, 0.717) is 11.0 Å². The van der Waals surface area contributed by atoms with Crippen molar-refractivity contribution < 1.29 is 5.11 Å². The Hall–Kier alpha value is -1.99. The molecule has 2 N–H and O–H groups in total. The van der Waals surface area contributed by atoms with Crippen LogP contribution >= 0.6 is 11.6 Å². The lowest BCUT2D eigenvalue weighted by Gasteiger charge is -2.37. The molecule has 27 heavy (non-hydrogen) atoms. The van der Waals surface area contributed by atoms with Crippen LogP contribution in [-0.2, 0) is 6.42 Å². The van der Waals surface area contributed by atoms with Crippen molar-refractivity contribution in [3.63, 3.8) is 0 Å².